The number of Topliss-reactive ketones (excluding diaryl/α,β-unsaturated/α-hetero) is 1. The number of nitriles is 1. The van der Waals surface area contributed by atoms with Crippen LogP contribution in [0.2, 0.25) is 0 Å². The van der Waals surface area contributed by atoms with E-state index >= 15 is 0 Å². The van der Waals surface area contributed by atoms with Crippen LogP contribution in [0.25, 0.3) is 0 Å². The molecule has 1 aliphatic heterocycles. The molecule has 94 valence electrons. The molecule has 0 radical (unpaired) electrons. The highest BCUT2D eigenvalue weighted by Crippen LogP contribution is 2.25. The van der Waals surface area contributed by atoms with E-state index in [4.69, 9.17) is 0 Å². The highest BCUT2D eigenvalue weighted by Gasteiger charge is 2.30. The van der Waals surface area contributed by atoms with Gasteiger partial charge in [-0.05, 0) is 32.0 Å². The summed E-state index contributed by atoms with van der Waals surface area (Å²) in [7, 11) is 2.03. The van der Waals surface area contributed by atoms with Crippen LogP contribution in [0.1, 0.15) is 24.3 Å². The van der Waals surface area contributed by atoms with Gasteiger partial charge in [0.05, 0.1) is 6.07 Å². The summed E-state index contributed by atoms with van der Waals surface area (Å²) >= 11 is 0. The van der Waals surface area contributed by atoms with Crippen LogP contribution in [0.4, 0.5) is 0 Å². The van der Waals surface area contributed by atoms with Gasteiger partial charge in [-0.15, -0.1) is 0 Å². The third-order valence-corrected chi connectivity index (χ3v) is 3.57. The SMILES string of the molecule is CN1CCC[C@@H](C(=O)[C@@H](C#N)c2ccccc2)C1. The highest BCUT2D eigenvalue weighted by molar-refractivity contribution is 5.90. The molecule has 0 amide bonds. The van der Waals surface area contributed by atoms with Gasteiger partial charge < -0.3 is 4.90 Å². The molecule has 3 nitrogen and oxygen atoms in total. The lowest BCUT2D eigenvalue weighted by Gasteiger charge is -2.29. The van der Waals surface area contributed by atoms with Gasteiger partial charge in [-0.3, -0.25) is 4.79 Å². The third kappa shape index (κ3) is 2.77. The number of carbonyl (C=O) groups is 1. The van der Waals surface area contributed by atoms with E-state index in [1.54, 1.807) is 0 Å². The maximum absolute atomic E-state index is 12.4. The third-order valence-electron chi connectivity index (χ3n) is 3.57. The van der Waals surface area contributed by atoms with Crippen molar-refractivity contribution in [3.8, 4) is 6.07 Å². The molecule has 1 aromatic carbocycles. The maximum Gasteiger partial charge on any atom is 0.158 e. The molecule has 0 spiro atoms. The van der Waals surface area contributed by atoms with Crippen LogP contribution in [-0.2, 0) is 4.79 Å². The summed E-state index contributed by atoms with van der Waals surface area (Å²) in [5.41, 5.74) is 0.818. The molecule has 0 saturated carbocycles. The average molecular weight is 242 g/mol. The maximum atomic E-state index is 12.4. The zero-order chi connectivity index (χ0) is 13.0. The number of rotatable bonds is 3. The minimum absolute atomic E-state index is 0.00797. The lowest BCUT2D eigenvalue weighted by atomic mass is 9.84. The Kier molecular flexibility index (Phi) is 4.11. The van der Waals surface area contributed by atoms with Crippen molar-refractivity contribution >= 4 is 5.78 Å². The Bertz CT molecular complexity index is 449. The molecule has 1 saturated heterocycles. The van der Waals surface area contributed by atoms with Crippen molar-refractivity contribution in [1.29, 1.82) is 5.26 Å². The lowest BCUT2D eigenvalue weighted by molar-refractivity contribution is -0.124. The van der Waals surface area contributed by atoms with Gasteiger partial charge in [0.2, 0.25) is 0 Å². The second-order valence-electron chi connectivity index (χ2n) is 4.98. The molecule has 0 bridgehead atoms. The van der Waals surface area contributed by atoms with Crippen LogP contribution in [0.5, 0.6) is 0 Å². The number of ketones is 1. The van der Waals surface area contributed by atoms with Gasteiger partial charge in [0.25, 0.3) is 0 Å². The van der Waals surface area contributed by atoms with E-state index in [0.29, 0.717) is 0 Å². The molecule has 2 rings (SSSR count). The summed E-state index contributed by atoms with van der Waals surface area (Å²) in [6.07, 6.45) is 1.95. The van der Waals surface area contributed by atoms with Gasteiger partial charge in [-0.2, -0.15) is 5.26 Å². The molecule has 0 unspecified atom stereocenters. The number of piperidine rings is 1. The van der Waals surface area contributed by atoms with Crippen molar-refractivity contribution in [1.82, 2.24) is 4.90 Å². The fourth-order valence-corrected chi connectivity index (χ4v) is 2.58. The number of hydrogen-bond donors (Lipinski definition) is 0. The van der Waals surface area contributed by atoms with E-state index in [0.717, 1.165) is 31.5 Å². The number of hydrogen-bond acceptors (Lipinski definition) is 3. The minimum Gasteiger partial charge on any atom is -0.306 e. The van der Waals surface area contributed by atoms with Crippen LogP contribution in [-0.4, -0.2) is 30.8 Å². The molecule has 1 aliphatic rings. The Hall–Kier alpha value is -1.66. The van der Waals surface area contributed by atoms with Crippen molar-refractivity contribution in [2.75, 3.05) is 20.1 Å². The molecule has 0 N–H and O–H groups in total. The number of nitrogens with zero attached hydrogens (tertiary/aromatic N) is 2. The minimum atomic E-state index is -0.609. The Balaban J connectivity index is 2.14. The molecule has 1 heterocycles. The molecule has 0 aliphatic carbocycles. The Morgan fingerprint density at radius 2 is 2.17 bits per heavy atom. The van der Waals surface area contributed by atoms with Crippen LogP contribution >= 0.6 is 0 Å². The largest absolute Gasteiger partial charge is 0.306 e. The van der Waals surface area contributed by atoms with Crippen molar-refractivity contribution in [2.45, 2.75) is 18.8 Å². The first kappa shape index (κ1) is 12.8. The van der Waals surface area contributed by atoms with E-state index in [9.17, 15) is 10.1 Å². The Labute approximate surface area is 108 Å². The lowest BCUT2D eigenvalue weighted by Crippen LogP contribution is -2.37. The highest BCUT2D eigenvalue weighted by atomic mass is 16.1. The first-order valence-corrected chi connectivity index (χ1v) is 6.39. The fourth-order valence-electron chi connectivity index (χ4n) is 2.58. The van der Waals surface area contributed by atoms with Crippen molar-refractivity contribution < 1.29 is 4.79 Å². The van der Waals surface area contributed by atoms with Gasteiger partial charge >= 0.3 is 0 Å². The molecule has 1 fully saturated rings. The second kappa shape index (κ2) is 5.79. The van der Waals surface area contributed by atoms with Crippen molar-refractivity contribution in [3.05, 3.63) is 35.9 Å². The predicted molar refractivity (Wildman–Crippen MR) is 70.0 cm³/mol. The molecule has 2 atom stereocenters. The summed E-state index contributed by atoms with van der Waals surface area (Å²) in [5, 5.41) is 9.26. The summed E-state index contributed by atoms with van der Waals surface area (Å²) < 4.78 is 0. The zero-order valence-corrected chi connectivity index (χ0v) is 10.7. The fraction of sp³-hybridized carbons (Fsp3) is 0.467. The monoisotopic (exact) mass is 242 g/mol. The van der Waals surface area contributed by atoms with E-state index in [1.807, 2.05) is 37.4 Å². The van der Waals surface area contributed by atoms with Crippen molar-refractivity contribution in [2.24, 2.45) is 5.92 Å². The molecular weight excluding hydrogens is 224 g/mol. The van der Waals surface area contributed by atoms with Crippen LogP contribution < -0.4 is 0 Å². The van der Waals surface area contributed by atoms with Gasteiger partial charge in [-0.25, -0.2) is 0 Å². The molecule has 3 heteroatoms. The summed E-state index contributed by atoms with van der Waals surface area (Å²) in [6, 6.07) is 11.5. The van der Waals surface area contributed by atoms with E-state index in [2.05, 4.69) is 11.0 Å². The van der Waals surface area contributed by atoms with E-state index in [1.165, 1.54) is 0 Å². The van der Waals surface area contributed by atoms with Gasteiger partial charge in [-0.1, -0.05) is 30.3 Å². The molecular formula is C15H18N2O. The van der Waals surface area contributed by atoms with Gasteiger partial charge in [0, 0.05) is 12.5 Å². The van der Waals surface area contributed by atoms with Gasteiger partial charge in [0.15, 0.2) is 5.78 Å². The summed E-state index contributed by atoms with van der Waals surface area (Å²) in [6.45, 7) is 1.83. The number of likely N-dealkylation sites (tertiary alicyclic amines) is 1. The van der Waals surface area contributed by atoms with Crippen LogP contribution in [0.3, 0.4) is 0 Å². The second-order valence-corrected chi connectivity index (χ2v) is 4.98. The standard InChI is InChI=1S/C15H18N2O/c1-17-9-5-8-13(11-17)15(18)14(10-16)12-6-3-2-4-7-12/h2-4,6-7,13-14H,5,8-9,11H2,1H3/t13-,14+/m1/s1. The molecule has 1 aromatic rings. The number of benzene rings is 1. The first-order chi connectivity index (χ1) is 8.72. The van der Waals surface area contributed by atoms with E-state index < -0.39 is 5.92 Å². The normalized spacial score (nSPS) is 22.1. The molecule has 18 heavy (non-hydrogen) atoms. The first-order valence-electron chi connectivity index (χ1n) is 6.39. The Morgan fingerprint density at radius 1 is 1.44 bits per heavy atom. The Morgan fingerprint density at radius 3 is 2.78 bits per heavy atom. The zero-order valence-electron chi connectivity index (χ0n) is 10.7. The summed E-state index contributed by atoms with van der Waals surface area (Å²) in [4.78, 5) is 14.6. The average Bonchev–Trinajstić information content (AvgIpc) is 2.41. The van der Waals surface area contributed by atoms with Crippen LogP contribution in [0.15, 0.2) is 30.3 Å². The van der Waals surface area contributed by atoms with Gasteiger partial charge in [0.1, 0.15) is 5.92 Å². The molecule has 0 aromatic heterocycles. The van der Waals surface area contributed by atoms with Crippen LogP contribution in [0, 0.1) is 17.2 Å². The quantitative estimate of drug-likeness (QED) is 0.816. The van der Waals surface area contributed by atoms with Crippen molar-refractivity contribution in [3.63, 3.8) is 0 Å². The predicted octanol–water partition coefficient (Wildman–Crippen LogP) is 2.20. The van der Waals surface area contributed by atoms with E-state index in [-0.39, 0.29) is 11.7 Å². The topological polar surface area (TPSA) is 44.1 Å². The number of carbonyl (C=O) groups excluding carboxylic acids is 1. The smallest absolute Gasteiger partial charge is 0.158 e. The summed E-state index contributed by atoms with van der Waals surface area (Å²) in [5.74, 6) is -0.522.